The molecule has 0 N–H and O–H groups in total. The van der Waals surface area contributed by atoms with Gasteiger partial charge in [-0.3, -0.25) is 9.69 Å². The molecule has 1 rings (SSSR count). The number of ether oxygens (including phenoxy) is 1. The van der Waals surface area contributed by atoms with Gasteiger partial charge in [0, 0.05) is 18.8 Å². The Morgan fingerprint density at radius 1 is 1.35 bits per heavy atom. The fraction of sp³-hybridized carbons (Fsp3) is 0.909. The van der Waals surface area contributed by atoms with Gasteiger partial charge in [0.2, 0.25) is 0 Å². The van der Waals surface area contributed by atoms with Crippen molar-refractivity contribution in [2.24, 2.45) is 0 Å². The van der Waals surface area contributed by atoms with Crippen LogP contribution in [-0.4, -0.2) is 57.5 Å². The van der Waals surface area contributed by atoms with Gasteiger partial charge in [0.15, 0.2) is 0 Å². The van der Waals surface area contributed by atoms with E-state index < -0.39 is 9.84 Å². The average molecular weight is 263 g/mol. The van der Waals surface area contributed by atoms with Gasteiger partial charge in [-0.25, -0.2) is 8.42 Å². The van der Waals surface area contributed by atoms with Gasteiger partial charge in [-0.2, -0.15) is 0 Å². The molecule has 0 aromatic carbocycles. The Morgan fingerprint density at radius 2 is 1.94 bits per heavy atom. The number of methoxy groups -OCH3 is 1. The second-order valence-corrected chi connectivity index (χ2v) is 6.87. The summed E-state index contributed by atoms with van der Waals surface area (Å²) in [5, 5.41) is 0. The van der Waals surface area contributed by atoms with Crippen LogP contribution in [0.3, 0.4) is 0 Å². The molecule has 6 heteroatoms. The van der Waals surface area contributed by atoms with Gasteiger partial charge in [-0.05, 0) is 12.8 Å². The first-order valence-electron chi connectivity index (χ1n) is 5.91. The topological polar surface area (TPSA) is 63.7 Å². The number of rotatable bonds is 6. The van der Waals surface area contributed by atoms with Crippen molar-refractivity contribution in [1.82, 2.24) is 4.90 Å². The Kier molecular flexibility index (Phi) is 5.39. The zero-order valence-electron chi connectivity index (χ0n) is 10.5. The van der Waals surface area contributed by atoms with Crippen LogP contribution in [0.25, 0.3) is 0 Å². The highest BCUT2D eigenvalue weighted by atomic mass is 32.2. The third-order valence-corrected chi connectivity index (χ3v) is 4.07. The van der Waals surface area contributed by atoms with Gasteiger partial charge in [-0.15, -0.1) is 0 Å². The number of nitrogens with zero attached hydrogens (tertiary/aromatic N) is 1. The first kappa shape index (κ1) is 14.4. The maximum absolute atomic E-state index is 11.3. The van der Waals surface area contributed by atoms with Crippen molar-refractivity contribution >= 4 is 15.8 Å². The zero-order chi connectivity index (χ0) is 12.9. The summed E-state index contributed by atoms with van der Waals surface area (Å²) in [6.07, 6.45) is 5.61. The van der Waals surface area contributed by atoms with Crippen LogP contribution in [0.2, 0.25) is 0 Å². The molecule has 1 saturated carbocycles. The number of hydrogen-bond acceptors (Lipinski definition) is 5. The molecule has 1 aliphatic carbocycles. The van der Waals surface area contributed by atoms with Gasteiger partial charge in [0.05, 0.1) is 19.4 Å². The van der Waals surface area contributed by atoms with Crippen LogP contribution in [0, 0.1) is 0 Å². The average Bonchev–Trinajstić information content (AvgIpc) is 2.75. The van der Waals surface area contributed by atoms with Gasteiger partial charge < -0.3 is 4.74 Å². The maximum atomic E-state index is 11.3. The summed E-state index contributed by atoms with van der Waals surface area (Å²) >= 11 is 0. The maximum Gasteiger partial charge on any atom is 0.319 e. The molecular formula is C11H21NO4S. The standard InChI is InChI=1S/C11H21NO4S/c1-16-11(13)9-12(7-8-17(2,14)15)10-5-3-4-6-10/h10H,3-9H2,1-2H3. The van der Waals surface area contributed by atoms with Crippen molar-refractivity contribution in [2.75, 3.05) is 32.2 Å². The SMILES string of the molecule is COC(=O)CN(CCS(C)(=O)=O)C1CCCC1. The molecule has 0 radical (unpaired) electrons. The van der Waals surface area contributed by atoms with Crippen LogP contribution in [0.15, 0.2) is 0 Å². The molecule has 0 amide bonds. The molecule has 1 fully saturated rings. The minimum absolute atomic E-state index is 0.0977. The minimum atomic E-state index is -2.99. The van der Waals surface area contributed by atoms with E-state index in [4.69, 9.17) is 0 Å². The highest BCUT2D eigenvalue weighted by Crippen LogP contribution is 2.23. The molecule has 5 nitrogen and oxygen atoms in total. The number of carbonyl (C=O) groups is 1. The Labute approximate surface area is 103 Å². The summed E-state index contributed by atoms with van der Waals surface area (Å²) in [5.41, 5.74) is 0. The van der Waals surface area contributed by atoms with Gasteiger partial charge in [-0.1, -0.05) is 12.8 Å². The van der Waals surface area contributed by atoms with E-state index >= 15 is 0 Å². The van der Waals surface area contributed by atoms with Crippen molar-refractivity contribution in [2.45, 2.75) is 31.7 Å². The lowest BCUT2D eigenvalue weighted by Crippen LogP contribution is -2.40. The summed E-state index contributed by atoms with van der Waals surface area (Å²) in [5.74, 6) is -0.203. The molecule has 17 heavy (non-hydrogen) atoms. The number of hydrogen-bond donors (Lipinski definition) is 0. The van der Waals surface area contributed by atoms with E-state index in [1.165, 1.54) is 13.4 Å². The molecule has 0 aromatic rings. The summed E-state index contributed by atoms with van der Waals surface area (Å²) in [7, 11) is -1.63. The van der Waals surface area contributed by atoms with E-state index in [1.807, 2.05) is 4.90 Å². The fourth-order valence-electron chi connectivity index (χ4n) is 2.17. The Balaban J connectivity index is 2.55. The molecule has 0 unspecified atom stereocenters. The Hall–Kier alpha value is -0.620. The summed E-state index contributed by atoms with van der Waals surface area (Å²) in [4.78, 5) is 13.2. The predicted octanol–water partition coefficient (Wildman–Crippen LogP) is 0.449. The normalized spacial score (nSPS) is 17.6. The summed E-state index contributed by atoms with van der Waals surface area (Å²) < 4.78 is 27.0. The van der Waals surface area contributed by atoms with Crippen molar-refractivity contribution in [3.05, 3.63) is 0 Å². The Morgan fingerprint density at radius 3 is 2.41 bits per heavy atom. The molecule has 0 aromatic heterocycles. The van der Waals surface area contributed by atoms with Crippen molar-refractivity contribution in [3.63, 3.8) is 0 Å². The minimum Gasteiger partial charge on any atom is -0.468 e. The van der Waals surface area contributed by atoms with E-state index in [0.717, 1.165) is 25.7 Å². The van der Waals surface area contributed by atoms with E-state index in [9.17, 15) is 13.2 Å². The number of carbonyl (C=O) groups excluding carboxylic acids is 1. The van der Waals surface area contributed by atoms with Gasteiger partial charge >= 0.3 is 5.97 Å². The molecule has 100 valence electrons. The monoisotopic (exact) mass is 263 g/mol. The van der Waals surface area contributed by atoms with Crippen molar-refractivity contribution in [3.8, 4) is 0 Å². The number of sulfone groups is 1. The first-order valence-corrected chi connectivity index (χ1v) is 7.97. The predicted molar refractivity (Wildman–Crippen MR) is 65.6 cm³/mol. The molecule has 0 spiro atoms. The second-order valence-electron chi connectivity index (χ2n) is 4.61. The van der Waals surface area contributed by atoms with E-state index in [0.29, 0.717) is 12.6 Å². The quantitative estimate of drug-likeness (QED) is 0.651. The van der Waals surface area contributed by atoms with Crippen LogP contribution < -0.4 is 0 Å². The third kappa shape index (κ3) is 5.50. The zero-order valence-corrected chi connectivity index (χ0v) is 11.3. The smallest absolute Gasteiger partial charge is 0.319 e. The lowest BCUT2D eigenvalue weighted by molar-refractivity contribution is -0.142. The van der Waals surface area contributed by atoms with Gasteiger partial charge in [0.25, 0.3) is 0 Å². The molecule has 0 heterocycles. The lowest BCUT2D eigenvalue weighted by atomic mass is 10.2. The van der Waals surface area contributed by atoms with Crippen LogP contribution in [0.5, 0.6) is 0 Å². The van der Waals surface area contributed by atoms with Crippen molar-refractivity contribution < 1.29 is 17.9 Å². The Bertz CT molecular complexity index is 346. The largest absolute Gasteiger partial charge is 0.468 e. The van der Waals surface area contributed by atoms with E-state index in [-0.39, 0.29) is 18.3 Å². The van der Waals surface area contributed by atoms with Crippen LogP contribution in [-0.2, 0) is 19.4 Å². The number of esters is 1. The molecule has 0 bridgehead atoms. The molecular weight excluding hydrogens is 242 g/mol. The van der Waals surface area contributed by atoms with E-state index in [1.54, 1.807) is 0 Å². The van der Waals surface area contributed by atoms with Gasteiger partial charge in [0.1, 0.15) is 9.84 Å². The van der Waals surface area contributed by atoms with Crippen LogP contribution in [0.1, 0.15) is 25.7 Å². The first-order chi connectivity index (χ1) is 7.92. The molecule has 1 aliphatic rings. The third-order valence-electron chi connectivity index (χ3n) is 3.15. The molecule has 0 aliphatic heterocycles. The van der Waals surface area contributed by atoms with Crippen LogP contribution in [0.4, 0.5) is 0 Å². The highest BCUT2D eigenvalue weighted by Gasteiger charge is 2.25. The van der Waals surface area contributed by atoms with E-state index in [2.05, 4.69) is 4.74 Å². The molecule has 0 saturated heterocycles. The van der Waals surface area contributed by atoms with Crippen molar-refractivity contribution in [1.29, 1.82) is 0 Å². The lowest BCUT2D eigenvalue weighted by Gasteiger charge is -2.27. The molecule has 0 atom stereocenters. The highest BCUT2D eigenvalue weighted by molar-refractivity contribution is 7.90. The van der Waals surface area contributed by atoms with Crippen LogP contribution >= 0.6 is 0 Å². The summed E-state index contributed by atoms with van der Waals surface area (Å²) in [6.45, 7) is 0.606. The second kappa shape index (κ2) is 6.35. The summed E-state index contributed by atoms with van der Waals surface area (Å²) in [6, 6.07) is 0.329. The fourth-order valence-corrected chi connectivity index (χ4v) is 2.74.